The molecule has 2 aromatic carbocycles. The highest BCUT2D eigenvalue weighted by atomic mass is 16.2. The van der Waals surface area contributed by atoms with Gasteiger partial charge in [-0.2, -0.15) is 0 Å². The van der Waals surface area contributed by atoms with E-state index in [4.69, 9.17) is 0 Å². The third-order valence-electron chi connectivity index (χ3n) is 5.25. The molecule has 1 saturated heterocycles. The molecule has 148 valence electrons. The Balaban J connectivity index is 1.64. The molecule has 0 spiro atoms. The van der Waals surface area contributed by atoms with Crippen LogP contribution in [0.4, 0.5) is 11.6 Å². The summed E-state index contributed by atoms with van der Waals surface area (Å²) in [6, 6.07) is 22.0. The van der Waals surface area contributed by atoms with Crippen molar-refractivity contribution in [3.05, 3.63) is 84.2 Å². The number of hydrogen-bond acceptors (Lipinski definition) is 4. The van der Waals surface area contributed by atoms with Gasteiger partial charge in [-0.1, -0.05) is 61.4 Å². The topological polar surface area (TPSA) is 49.3 Å². The van der Waals surface area contributed by atoms with E-state index < -0.39 is 0 Å². The van der Waals surface area contributed by atoms with Crippen LogP contribution in [0.2, 0.25) is 0 Å². The van der Waals surface area contributed by atoms with E-state index in [2.05, 4.69) is 27.0 Å². The largest absolute Gasteiger partial charge is 0.337 e. The highest BCUT2D eigenvalue weighted by molar-refractivity contribution is 5.92. The molecule has 1 amide bonds. The number of hydrogen-bond donors (Lipinski definition) is 0. The highest BCUT2D eigenvalue weighted by Crippen LogP contribution is 2.24. The summed E-state index contributed by atoms with van der Waals surface area (Å²) in [6.45, 7) is 2.25. The SMILES string of the molecule is O=C(c1ccnc(N(Cc2ccccc2)c2ccccc2)n1)N1CCCCCC1. The van der Waals surface area contributed by atoms with Crippen molar-refractivity contribution < 1.29 is 4.79 Å². The maximum Gasteiger partial charge on any atom is 0.272 e. The summed E-state index contributed by atoms with van der Waals surface area (Å²) in [5, 5.41) is 0. The minimum atomic E-state index is 0.00303. The molecule has 5 nitrogen and oxygen atoms in total. The zero-order valence-electron chi connectivity index (χ0n) is 16.6. The molecule has 0 radical (unpaired) electrons. The Morgan fingerprint density at radius 3 is 2.21 bits per heavy atom. The Morgan fingerprint density at radius 2 is 1.52 bits per heavy atom. The number of aromatic nitrogens is 2. The van der Waals surface area contributed by atoms with Crippen molar-refractivity contribution in [1.82, 2.24) is 14.9 Å². The van der Waals surface area contributed by atoms with Crippen LogP contribution in [0.15, 0.2) is 72.9 Å². The Bertz CT molecular complexity index is 922. The molecular formula is C24H26N4O. The Hall–Kier alpha value is -3.21. The van der Waals surface area contributed by atoms with E-state index in [-0.39, 0.29) is 5.91 Å². The molecule has 1 aromatic heterocycles. The number of carbonyl (C=O) groups excluding carboxylic acids is 1. The molecule has 0 N–H and O–H groups in total. The van der Waals surface area contributed by atoms with Crippen LogP contribution in [0.25, 0.3) is 0 Å². The summed E-state index contributed by atoms with van der Waals surface area (Å²) in [4.78, 5) is 26.2. The van der Waals surface area contributed by atoms with Crippen molar-refractivity contribution in [2.75, 3.05) is 18.0 Å². The van der Waals surface area contributed by atoms with Crippen LogP contribution in [-0.2, 0) is 6.54 Å². The van der Waals surface area contributed by atoms with Gasteiger partial charge < -0.3 is 9.80 Å². The minimum Gasteiger partial charge on any atom is -0.337 e. The van der Waals surface area contributed by atoms with Gasteiger partial charge in [-0.25, -0.2) is 9.97 Å². The second kappa shape index (κ2) is 9.32. The first kappa shape index (κ1) is 19.1. The van der Waals surface area contributed by atoms with Crippen LogP contribution in [-0.4, -0.2) is 33.9 Å². The molecule has 0 unspecified atom stereocenters. The number of likely N-dealkylation sites (tertiary alicyclic amines) is 1. The van der Waals surface area contributed by atoms with Gasteiger partial charge >= 0.3 is 0 Å². The lowest BCUT2D eigenvalue weighted by atomic mass is 10.2. The van der Waals surface area contributed by atoms with Crippen molar-refractivity contribution in [1.29, 1.82) is 0 Å². The predicted molar refractivity (Wildman–Crippen MR) is 115 cm³/mol. The molecule has 0 atom stereocenters. The summed E-state index contributed by atoms with van der Waals surface area (Å²) in [5.74, 6) is 0.545. The van der Waals surface area contributed by atoms with Gasteiger partial charge in [0.25, 0.3) is 5.91 Å². The van der Waals surface area contributed by atoms with Crippen LogP contribution in [0.1, 0.15) is 41.7 Å². The van der Waals surface area contributed by atoms with E-state index >= 15 is 0 Å². The van der Waals surface area contributed by atoms with Crippen LogP contribution in [0, 0.1) is 0 Å². The van der Waals surface area contributed by atoms with E-state index in [0.717, 1.165) is 37.2 Å². The molecular weight excluding hydrogens is 360 g/mol. The molecule has 0 aliphatic carbocycles. The molecule has 1 fully saturated rings. The third-order valence-corrected chi connectivity index (χ3v) is 5.25. The number of benzene rings is 2. The maximum absolute atomic E-state index is 13.0. The molecule has 0 bridgehead atoms. The van der Waals surface area contributed by atoms with Crippen molar-refractivity contribution in [2.24, 2.45) is 0 Å². The maximum atomic E-state index is 13.0. The average molecular weight is 386 g/mol. The van der Waals surface area contributed by atoms with E-state index in [1.807, 2.05) is 53.4 Å². The summed E-state index contributed by atoms with van der Waals surface area (Å²) < 4.78 is 0. The molecule has 2 heterocycles. The van der Waals surface area contributed by atoms with E-state index in [0.29, 0.717) is 18.2 Å². The Kier molecular flexibility index (Phi) is 6.15. The molecule has 5 heteroatoms. The first-order valence-electron chi connectivity index (χ1n) is 10.3. The minimum absolute atomic E-state index is 0.00303. The van der Waals surface area contributed by atoms with Crippen molar-refractivity contribution in [3.8, 4) is 0 Å². The quantitative estimate of drug-likeness (QED) is 0.630. The third kappa shape index (κ3) is 4.80. The molecule has 29 heavy (non-hydrogen) atoms. The van der Waals surface area contributed by atoms with Gasteiger partial charge in [0.2, 0.25) is 5.95 Å². The average Bonchev–Trinajstić information content (AvgIpc) is 3.08. The zero-order chi connectivity index (χ0) is 19.9. The number of para-hydroxylation sites is 1. The standard InChI is InChI=1S/C24H26N4O/c29-23(27-17-9-1-2-10-18-27)22-15-16-25-24(26-22)28(21-13-7-4-8-14-21)19-20-11-5-3-6-12-20/h3-8,11-16H,1-2,9-10,17-19H2. The first-order valence-corrected chi connectivity index (χ1v) is 10.3. The van der Waals surface area contributed by atoms with Crippen LogP contribution >= 0.6 is 0 Å². The van der Waals surface area contributed by atoms with Crippen molar-refractivity contribution in [2.45, 2.75) is 32.2 Å². The lowest BCUT2D eigenvalue weighted by Gasteiger charge is -2.24. The van der Waals surface area contributed by atoms with E-state index in [1.54, 1.807) is 12.3 Å². The Morgan fingerprint density at radius 1 is 0.862 bits per heavy atom. The normalized spacial score (nSPS) is 14.3. The van der Waals surface area contributed by atoms with Gasteiger partial charge in [0, 0.05) is 25.0 Å². The summed E-state index contributed by atoms with van der Waals surface area (Å²) in [7, 11) is 0. The second-order valence-corrected chi connectivity index (χ2v) is 7.36. The van der Waals surface area contributed by atoms with Crippen LogP contribution in [0.3, 0.4) is 0 Å². The summed E-state index contributed by atoms with van der Waals surface area (Å²) >= 11 is 0. The fourth-order valence-corrected chi connectivity index (χ4v) is 3.68. The zero-order valence-corrected chi connectivity index (χ0v) is 16.6. The monoisotopic (exact) mass is 386 g/mol. The fourth-order valence-electron chi connectivity index (χ4n) is 3.68. The lowest BCUT2D eigenvalue weighted by Crippen LogP contribution is -2.33. The number of nitrogens with zero attached hydrogens (tertiary/aromatic N) is 4. The van der Waals surface area contributed by atoms with Crippen LogP contribution < -0.4 is 4.90 Å². The van der Waals surface area contributed by atoms with Crippen molar-refractivity contribution >= 4 is 17.5 Å². The van der Waals surface area contributed by atoms with Gasteiger partial charge in [-0.15, -0.1) is 0 Å². The number of amides is 1. The first-order chi connectivity index (χ1) is 14.3. The van der Waals surface area contributed by atoms with Crippen molar-refractivity contribution in [3.63, 3.8) is 0 Å². The van der Waals surface area contributed by atoms with Gasteiger partial charge in [0.05, 0.1) is 6.54 Å². The van der Waals surface area contributed by atoms with Gasteiger partial charge in [-0.3, -0.25) is 4.79 Å². The van der Waals surface area contributed by atoms with Crippen LogP contribution in [0.5, 0.6) is 0 Å². The molecule has 3 aromatic rings. The smallest absolute Gasteiger partial charge is 0.272 e. The number of anilines is 2. The van der Waals surface area contributed by atoms with E-state index in [9.17, 15) is 4.79 Å². The molecule has 4 rings (SSSR count). The molecule has 1 aliphatic heterocycles. The summed E-state index contributed by atoms with van der Waals surface area (Å²) in [6.07, 6.45) is 6.20. The highest BCUT2D eigenvalue weighted by Gasteiger charge is 2.21. The number of rotatable bonds is 5. The fraction of sp³-hybridized carbons (Fsp3) is 0.292. The molecule has 0 saturated carbocycles. The second-order valence-electron chi connectivity index (χ2n) is 7.36. The lowest BCUT2D eigenvalue weighted by molar-refractivity contribution is 0.0755. The van der Waals surface area contributed by atoms with Gasteiger partial charge in [0.1, 0.15) is 5.69 Å². The Labute approximate surface area is 172 Å². The van der Waals surface area contributed by atoms with E-state index in [1.165, 1.54) is 12.8 Å². The molecule has 1 aliphatic rings. The number of carbonyl (C=O) groups is 1. The predicted octanol–water partition coefficient (Wildman–Crippen LogP) is 4.83. The summed E-state index contributed by atoms with van der Waals surface area (Å²) in [5.41, 5.74) is 2.62. The van der Waals surface area contributed by atoms with Gasteiger partial charge in [-0.05, 0) is 36.6 Å². The van der Waals surface area contributed by atoms with Gasteiger partial charge in [0.15, 0.2) is 0 Å².